The molecule has 0 saturated carbocycles. The largest absolute Gasteiger partial charge is 0.412 e. The molecule has 1 saturated heterocycles. The molecule has 34 heavy (non-hydrogen) atoms. The van der Waals surface area contributed by atoms with E-state index in [2.05, 4.69) is 90.3 Å². The molecule has 0 aromatic heterocycles. The summed E-state index contributed by atoms with van der Waals surface area (Å²) >= 11 is 3.48. The van der Waals surface area contributed by atoms with Crippen LogP contribution in [0.25, 0.3) is 0 Å². The van der Waals surface area contributed by atoms with Crippen molar-refractivity contribution in [1.82, 2.24) is 4.90 Å². The number of aliphatic hydroxyl groups is 1. The second kappa shape index (κ2) is 11.6. The highest BCUT2D eigenvalue weighted by atomic mass is 79.9. The van der Waals surface area contributed by atoms with E-state index in [1.807, 2.05) is 18.2 Å². The molecule has 0 radical (unpaired) electrons. The summed E-state index contributed by atoms with van der Waals surface area (Å²) in [6.07, 6.45) is 2.44. The Balaban J connectivity index is 1.75. The minimum atomic E-state index is -1.94. The van der Waals surface area contributed by atoms with Gasteiger partial charge < -0.3 is 20.6 Å². The van der Waals surface area contributed by atoms with Gasteiger partial charge in [0.25, 0.3) is 0 Å². The number of hydrogen-bond acceptors (Lipinski definition) is 5. The number of nitrogens with zero attached hydrogens (tertiary/aromatic N) is 1. The Kier molecular flexibility index (Phi) is 9.26. The van der Waals surface area contributed by atoms with Gasteiger partial charge in [0.15, 0.2) is 8.32 Å². The van der Waals surface area contributed by atoms with Crippen molar-refractivity contribution in [3.8, 4) is 0 Å². The first-order chi connectivity index (χ1) is 16.0. The summed E-state index contributed by atoms with van der Waals surface area (Å²) < 4.78 is 7.82. The molecular formula is C27H42BrN3O2Si. The molecule has 1 heterocycles. The van der Waals surface area contributed by atoms with E-state index in [1.54, 1.807) is 0 Å². The van der Waals surface area contributed by atoms with Gasteiger partial charge in [0.05, 0.1) is 23.6 Å². The second-order valence-corrected chi connectivity index (χ2v) is 16.7. The van der Waals surface area contributed by atoms with Crippen LogP contribution in [0.1, 0.15) is 45.6 Å². The van der Waals surface area contributed by atoms with Gasteiger partial charge in [-0.2, -0.15) is 0 Å². The summed E-state index contributed by atoms with van der Waals surface area (Å²) in [5.74, 6) is 0. The van der Waals surface area contributed by atoms with E-state index in [0.29, 0.717) is 18.7 Å². The highest BCUT2D eigenvalue weighted by Crippen LogP contribution is 2.40. The van der Waals surface area contributed by atoms with Crippen LogP contribution in [0.2, 0.25) is 18.1 Å². The number of nitrogens with two attached hydrogens (primary N) is 1. The van der Waals surface area contributed by atoms with Gasteiger partial charge in [0.2, 0.25) is 0 Å². The molecule has 1 aliphatic rings. The molecule has 3 atom stereocenters. The minimum Gasteiger partial charge on any atom is -0.412 e. The predicted molar refractivity (Wildman–Crippen MR) is 150 cm³/mol. The molecule has 3 rings (SSSR count). The van der Waals surface area contributed by atoms with Gasteiger partial charge in [-0.25, -0.2) is 0 Å². The zero-order valence-corrected chi connectivity index (χ0v) is 23.9. The second-order valence-electron chi connectivity index (χ2n) is 11.1. The molecule has 1 aliphatic heterocycles. The number of piperidine rings is 1. The fourth-order valence-corrected chi connectivity index (χ4v) is 6.13. The van der Waals surface area contributed by atoms with E-state index >= 15 is 0 Å². The van der Waals surface area contributed by atoms with Crippen LogP contribution in [0.5, 0.6) is 0 Å². The minimum absolute atomic E-state index is 0.129. The van der Waals surface area contributed by atoms with Crippen molar-refractivity contribution in [3.63, 3.8) is 0 Å². The van der Waals surface area contributed by atoms with Crippen LogP contribution in [0.4, 0.5) is 11.4 Å². The first kappa shape index (κ1) is 27.2. The molecular weight excluding hydrogens is 506 g/mol. The van der Waals surface area contributed by atoms with Gasteiger partial charge in [-0.1, -0.05) is 57.2 Å². The SMILES string of the molecule is CC(C)(C)[Si](C)(C)O[C@H]1CCCN(Cc2ccccc2)[C@@H]1CC(O)CNc1cccc(Br)c1N. The highest BCUT2D eigenvalue weighted by Gasteiger charge is 2.43. The third-order valence-corrected chi connectivity index (χ3v) is 12.6. The lowest BCUT2D eigenvalue weighted by atomic mass is 9.93. The Bertz CT molecular complexity index is 920. The Labute approximate surface area is 215 Å². The summed E-state index contributed by atoms with van der Waals surface area (Å²) in [6, 6.07) is 16.6. The first-order valence-electron chi connectivity index (χ1n) is 12.4. The lowest BCUT2D eigenvalue weighted by Gasteiger charge is -2.47. The van der Waals surface area contributed by atoms with Crippen molar-refractivity contribution in [2.75, 3.05) is 24.1 Å². The zero-order chi connectivity index (χ0) is 24.9. The van der Waals surface area contributed by atoms with Gasteiger partial charge in [-0.15, -0.1) is 0 Å². The fourth-order valence-electron chi connectivity index (χ4n) is 4.38. The van der Waals surface area contributed by atoms with Gasteiger partial charge in [-0.05, 0) is 77.6 Å². The molecule has 188 valence electrons. The van der Waals surface area contributed by atoms with Crippen molar-refractivity contribution < 1.29 is 9.53 Å². The third-order valence-electron chi connectivity index (χ3n) is 7.41. The van der Waals surface area contributed by atoms with Crippen molar-refractivity contribution in [2.45, 2.75) is 83.0 Å². The molecule has 0 amide bonds. The number of rotatable bonds is 9. The van der Waals surface area contributed by atoms with Crippen LogP contribution in [0.15, 0.2) is 53.0 Å². The molecule has 1 fully saturated rings. The Morgan fingerprint density at radius 1 is 1.18 bits per heavy atom. The van der Waals surface area contributed by atoms with Gasteiger partial charge in [-0.3, -0.25) is 4.90 Å². The number of nitrogen functional groups attached to an aromatic ring is 1. The molecule has 2 aromatic rings. The average Bonchev–Trinajstić information content (AvgIpc) is 2.76. The smallest absolute Gasteiger partial charge is 0.192 e. The number of likely N-dealkylation sites (tertiary alicyclic amines) is 1. The Morgan fingerprint density at radius 2 is 1.88 bits per heavy atom. The van der Waals surface area contributed by atoms with Crippen molar-refractivity contribution in [3.05, 3.63) is 58.6 Å². The Morgan fingerprint density at radius 3 is 2.56 bits per heavy atom. The number of hydrogen-bond donors (Lipinski definition) is 3. The summed E-state index contributed by atoms with van der Waals surface area (Å²) in [5.41, 5.74) is 8.98. The maximum Gasteiger partial charge on any atom is 0.192 e. The number of para-hydroxylation sites is 1. The molecule has 0 aliphatic carbocycles. The van der Waals surface area contributed by atoms with E-state index in [1.165, 1.54) is 5.56 Å². The van der Waals surface area contributed by atoms with Crippen LogP contribution in [-0.4, -0.2) is 49.7 Å². The fraction of sp³-hybridized carbons (Fsp3) is 0.556. The molecule has 5 nitrogen and oxygen atoms in total. The summed E-state index contributed by atoms with van der Waals surface area (Å²) in [7, 11) is -1.94. The van der Waals surface area contributed by atoms with Gasteiger partial charge in [0, 0.05) is 23.6 Å². The first-order valence-corrected chi connectivity index (χ1v) is 16.1. The van der Waals surface area contributed by atoms with Crippen LogP contribution in [0, 0.1) is 0 Å². The molecule has 7 heteroatoms. The highest BCUT2D eigenvalue weighted by molar-refractivity contribution is 9.10. The predicted octanol–water partition coefficient (Wildman–Crippen LogP) is 6.25. The zero-order valence-electron chi connectivity index (χ0n) is 21.4. The molecule has 2 aromatic carbocycles. The van der Waals surface area contributed by atoms with E-state index in [0.717, 1.165) is 36.1 Å². The number of nitrogens with one attached hydrogen (secondary N) is 1. The number of anilines is 2. The number of aliphatic hydroxyl groups excluding tert-OH is 1. The summed E-state index contributed by atoms with van der Waals surface area (Å²) in [4.78, 5) is 2.52. The van der Waals surface area contributed by atoms with Crippen LogP contribution in [0.3, 0.4) is 0 Å². The quantitative estimate of drug-likeness (QED) is 0.255. The molecule has 4 N–H and O–H groups in total. The number of halogens is 1. The van der Waals surface area contributed by atoms with E-state index in [4.69, 9.17) is 10.2 Å². The summed E-state index contributed by atoms with van der Waals surface area (Å²) in [5, 5.41) is 14.6. The maximum atomic E-state index is 11.1. The third kappa shape index (κ3) is 7.07. The van der Waals surface area contributed by atoms with Gasteiger partial charge in [0.1, 0.15) is 0 Å². The average molecular weight is 549 g/mol. The number of benzene rings is 2. The topological polar surface area (TPSA) is 70.8 Å². The molecule has 0 spiro atoms. The molecule has 1 unspecified atom stereocenters. The maximum absolute atomic E-state index is 11.1. The molecule has 0 bridgehead atoms. The van der Waals surface area contributed by atoms with Crippen molar-refractivity contribution >= 4 is 35.6 Å². The van der Waals surface area contributed by atoms with E-state index < -0.39 is 14.4 Å². The lowest BCUT2D eigenvalue weighted by Crippen LogP contribution is -2.55. The standard InChI is InChI=1S/C27H42BrN3O2Si/c1-27(2,3)34(4,5)33-25-15-10-16-31(19-20-11-7-6-8-12-20)24(25)17-21(32)18-30-23-14-9-13-22(28)26(23)29/h6-9,11-14,21,24-25,30,32H,10,15-19,29H2,1-5H3/t21?,24-,25+/m1/s1. The monoisotopic (exact) mass is 547 g/mol. The van der Waals surface area contributed by atoms with E-state index in [9.17, 15) is 5.11 Å². The van der Waals surface area contributed by atoms with Crippen LogP contribution in [-0.2, 0) is 11.0 Å². The van der Waals surface area contributed by atoms with Crippen molar-refractivity contribution in [1.29, 1.82) is 0 Å². The lowest BCUT2D eigenvalue weighted by molar-refractivity contribution is -0.00978. The Hall–Kier alpha value is -1.38. The van der Waals surface area contributed by atoms with Crippen molar-refractivity contribution in [2.24, 2.45) is 0 Å². The van der Waals surface area contributed by atoms with E-state index in [-0.39, 0.29) is 17.2 Å². The van der Waals surface area contributed by atoms with Crippen LogP contribution >= 0.6 is 15.9 Å². The summed E-state index contributed by atoms with van der Waals surface area (Å²) in [6.45, 7) is 13.9. The van der Waals surface area contributed by atoms with Crippen LogP contribution < -0.4 is 11.1 Å². The normalized spacial score (nSPS) is 20.8. The van der Waals surface area contributed by atoms with Gasteiger partial charge >= 0.3 is 0 Å².